The maximum atomic E-state index is 11.6. The largest absolute Gasteiger partial charge is 0.465 e. The van der Waals surface area contributed by atoms with Crippen LogP contribution in [0, 0.1) is 4.91 Å². The highest BCUT2D eigenvalue weighted by Crippen LogP contribution is 2.31. The lowest BCUT2D eigenvalue weighted by Crippen LogP contribution is -2.03. The van der Waals surface area contributed by atoms with Crippen molar-refractivity contribution < 1.29 is 9.53 Å². The summed E-state index contributed by atoms with van der Waals surface area (Å²) in [6, 6.07) is 10.4. The Morgan fingerprint density at radius 3 is 2.50 bits per heavy atom. The van der Waals surface area contributed by atoms with Crippen molar-refractivity contribution in [2.24, 2.45) is 5.18 Å². The maximum Gasteiger partial charge on any atom is 0.338 e. The molecule has 0 aliphatic heterocycles. The second-order valence-corrected chi connectivity index (χ2v) is 4.09. The van der Waals surface area contributed by atoms with Gasteiger partial charge in [-0.1, -0.05) is 41.9 Å². The second-order valence-electron chi connectivity index (χ2n) is 3.68. The summed E-state index contributed by atoms with van der Waals surface area (Å²) in [6.07, 6.45) is 0. The molecule has 0 N–H and O–H groups in total. The van der Waals surface area contributed by atoms with E-state index in [0.717, 1.165) is 5.39 Å². The number of carbonyl (C=O) groups excluding carboxylic acids is 1. The summed E-state index contributed by atoms with van der Waals surface area (Å²) in [5.41, 5.74) is 0.0446. The molecular formula is C13H10ClNO3. The molecule has 5 heteroatoms. The number of fused-ring (bicyclic) bond motifs is 1. The number of halogens is 1. The van der Waals surface area contributed by atoms with Crippen molar-refractivity contribution in [2.75, 3.05) is 7.11 Å². The molecule has 0 aromatic heterocycles. The fourth-order valence-corrected chi connectivity index (χ4v) is 2.07. The highest BCUT2D eigenvalue weighted by molar-refractivity contribution is 6.22. The van der Waals surface area contributed by atoms with E-state index < -0.39 is 11.5 Å². The van der Waals surface area contributed by atoms with Crippen molar-refractivity contribution in [1.29, 1.82) is 0 Å². The van der Waals surface area contributed by atoms with Gasteiger partial charge in [0, 0.05) is 5.56 Å². The summed E-state index contributed by atoms with van der Waals surface area (Å²) >= 11 is 5.84. The first-order valence-electron chi connectivity index (χ1n) is 5.25. The molecule has 2 rings (SSSR count). The van der Waals surface area contributed by atoms with Crippen LogP contribution >= 0.6 is 11.6 Å². The Hall–Kier alpha value is -1.94. The molecular weight excluding hydrogens is 254 g/mol. The highest BCUT2D eigenvalue weighted by atomic mass is 35.5. The lowest BCUT2D eigenvalue weighted by atomic mass is 9.99. The molecule has 1 atom stereocenters. The summed E-state index contributed by atoms with van der Waals surface area (Å²) in [5, 5.41) is 4.22. The van der Waals surface area contributed by atoms with Crippen LogP contribution in [0.15, 0.2) is 41.6 Å². The van der Waals surface area contributed by atoms with E-state index in [1.807, 2.05) is 0 Å². The van der Waals surface area contributed by atoms with Gasteiger partial charge in [0.05, 0.1) is 12.7 Å². The van der Waals surface area contributed by atoms with Crippen LogP contribution in [-0.4, -0.2) is 13.1 Å². The molecule has 4 nitrogen and oxygen atoms in total. The molecule has 18 heavy (non-hydrogen) atoms. The van der Waals surface area contributed by atoms with Crippen molar-refractivity contribution in [3.8, 4) is 0 Å². The molecule has 0 amide bonds. The number of benzene rings is 2. The zero-order valence-corrected chi connectivity index (χ0v) is 10.3. The van der Waals surface area contributed by atoms with E-state index in [9.17, 15) is 9.70 Å². The molecule has 0 saturated carbocycles. The van der Waals surface area contributed by atoms with Crippen molar-refractivity contribution in [1.82, 2.24) is 0 Å². The molecule has 2 aromatic carbocycles. The number of rotatable bonds is 3. The van der Waals surface area contributed by atoms with Crippen molar-refractivity contribution in [3.63, 3.8) is 0 Å². The number of esters is 1. The minimum atomic E-state index is -0.971. The quantitative estimate of drug-likeness (QED) is 0.368. The van der Waals surface area contributed by atoms with Crippen LogP contribution in [0.5, 0.6) is 0 Å². The van der Waals surface area contributed by atoms with Gasteiger partial charge in [-0.2, -0.15) is 0 Å². The van der Waals surface area contributed by atoms with E-state index in [-0.39, 0.29) is 0 Å². The number of hydrogen-bond acceptors (Lipinski definition) is 4. The average Bonchev–Trinajstić information content (AvgIpc) is 2.44. The van der Waals surface area contributed by atoms with E-state index in [4.69, 9.17) is 16.3 Å². The van der Waals surface area contributed by atoms with Gasteiger partial charge < -0.3 is 4.74 Å². The Balaban J connectivity index is 2.73. The zero-order valence-electron chi connectivity index (χ0n) is 9.59. The number of nitroso groups, excluding NO2 is 1. The Morgan fingerprint density at radius 2 is 1.89 bits per heavy atom. The number of carbonyl (C=O) groups is 1. The summed E-state index contributed by atoms with van der Waals surface area (Å²) in [6.45, 7) is 0. The Bertz CT molecular complexity index is 612. The Morgan fingerprint density at radius 1 is 1.22 bits per heavy atom. The normalized spacial score (nSPS) is 12.1. The van der Waals surface area contributed by atoms with E-state index in [1.54, 1.807) is 36.4 Å². The van der Waals surface area contributed by atoms with Gasteiger partial charge in [0.1, 0.15) is 0 Å². The van der Waals surface area contributed by atoms with Gasteiger partial charge in [0.25, 0.3) is 0 Å². The third-order valence-electron chi connectivity index (χ3n) is 2.71. The third-order valence-corrected chi connectivity index (χ3v) is 3.03. The number of alkyl halides is 1. The van der Waals surface area contributed by atoms with Crippen LogP contribution in [0.2, 0.25) is 0 Å². The van der Waals surface area contributed by atoms with E-state index in [2.05, 4.69) is 5.18 Å². The third kappa shape index (κ3) is 2.07. The van der Waals surface area contributed by atoms with Gasteiger partial charge in [0.2, 0.25) is 0 Å². The number of hydrogen-bond donors (Lipinski definition) is 0. The predicted molar refractivity (Wildman–Crippen MR) is 69.7 cm³/mol. The molecule has 1 unspecified atom stereocenters. The smallest absolute Gasteiger partial charge is 0.338 e. The first-order valence-corrected chi connectivity index (χ1v) is 5.69. The topological polar surface area (TPSA) is 55.7 Å². The van der Waals surface area contributed by atoms with Crippen molar-refractivity contribution >= 4 is 28.3 Å². The monoisotopic (exact) mass is 263 g/mol. The van der Waals surface area contributed by atoms with Crippen LogP contribution in [0.1, 0.15) is 21.4 Å². The maximum absolute atomic E-state index is 11.6. The highest BCUT2D eigenvalue weighted by Gasteiger charge is 2.16. The molecule has 0 saturated heterocycles. The van der Waals surface area contributed by atoms with Crippen LogP contribution in [0.25, 0.3) is 10.8 Å². The molecule has 0 aliphatic carbocycles. The minimum absolute atomic E-state index is 0.428. The lowest BCUT2D eigenvalue weighted by Gasteiger charge is -2.10. The van der Waals surface area contributed by atoms with Crippen LogP contribution in [0.3, 0.4) is 0 Å². The van der Waals surface area contributed by atoms with E-state index in [1.165, 1.54) is 7.11 Å². The fourth-order valence-electron chi connectivity index (χ4n) is 1.87. The summed E-state index contributed by atoms with van der Waals surface area (Å²) in [7, 11) is 1.32. The van der Waals surface area contributed by atoms with E-state index in [0.29, 0.717) is 16.5 Å². The number of methoxy groups -OCH3 is 1. The van der Waals surface area contributed by atoms with Gasteiger partial charge in [-0.15, -0.1) is 4.91 Å². The second kappa shape index (κ2) is 5.14. The summed E-state index contributed by atoms with van der Waals surface area (Å²) in [4.78, 5) is 22.2. The van der Waals surface area contributed by atoms with Crippen LogP contribution < -0.4 is 0 Å². The van der Waals surface area contributed by atoms with Crippen molar-refractivity contribution in [2.45, 2.75) is 5.50 Å². The van der Waals surface area contributed by atoms with Gasteiger partial charge >= 0.3 is 5.97 Å². The summed E-state index contributed by atoms with van der Waals surface area (Å²) < 4.78 is 4.71. The molecule has 0 heterocycles. The van der Waals surface area contributed by atoms with Crippen molar-refractivity contribution in [3.05, 3.63) is 52.4 Å². The summed E-state index contributed by atoms with van der Waals surface area (Å²) in [5.74, 6) is -0.428. The first-order chi connectivity index (χ1) is 8.69. The number of ether oxygens (including phenoxy) is 1. The zero-order chi connectivity index (χ0) is 13.1. The Labute approximate surface area is 108 Å². The molecule has 0 radical (unpaired) electrons. The standard InChI is InChI=1S/C13H10ClNO3/c1-18-13(16)11-7-6-10(12(14)15-17)8-4-2-3-5-9(8)11/h2-7,12H,1H3. The SMILES string of the molecule is COC(=O)c1ccc(C(Cl)N=O)c2ccccc12. The first kappa shape index (κ1) is 12.5. The van der Waals surface area contributed by atoms with Gasteiger partial charge in [-0.3, -0.25) is 0 Å². The fraction of sp³-hybridized carbons (Fsp3) is 0.154. The average molecular weight is 264 g/mol. The lowest BCUT2D eigenvalue weighted by molar-refractivity contribution is 0.0603. The molecule has 2 aromatic rings. The van der Waals surface area contributed by atoms with Crippen LogP contribution in [-0.2, 0) is 4.74 Å². The van der Waals surface area contributed by atoms with Gasteiger partial charge in [0.15, 0.2) is 5.50 Å². The minimum Gasteiger partial charge on any atom is -0.465 e. The molecule has 0 bridgehead atoms. The molecule has 0 spiro atoms. The number of nitrogens with zero attached hydrogens (tertiary/aromatic N) is 1. The predicted octanol–water partition coefficient (Wildman–Crippen LogP) is 3.63. The molecule has 0 fully saturated rings. The molecule has 0 aliphatic rings. The van der Waals surface area contributed by atoms with E-state index >= 15 is 0 Å². The van der Waals surface area contributed by atoms with Gasteiger partial charge in [-0.25, -0.2) is 4.79 Å². The van der Waals surface area contributed by atoms with Crippen LogP contribution in [0.4, 0.5) is 0 Å². The van der Waals surface area contributed by atoms with Gasteiger partial charge in [-0.05, 0) is 22.0 Å². The molecule has 92 valence electrons. The Kier molecular flexibility index (Phi) is 3.58.